The zero-order valence-corrected chi connectivity index (χ0v) is 9.82. The molecule has 1 saturated heterocycles. The highest BCUT2D eigenvalue weighted by Gasteiger charge is 2.23. The van der Waals surface area contributed by atoms with Crippen molar-refractivity contribution in [2.45, 2.75) is 18.8 Å². The summed E-state index contributed by atoms with van der Waals surface area (Å²) in [4.78, 5) is 4.25. The van der Waals surface area contributed by atoms with Gasteiger partial charge in [0.15, 0.2) is 0 Å². The van der Waals surface area contributed by atoms with E-state index in [0.29, 0.717) is 11.8 Å². The Morgan fingerprint density at radius 1 is 1.38 bits per heavy atom. The molecule has 1 aliphatic rings. The Balaban J connectivity index is 2.34. The van der Waals surface area contributed by atoms with Crippen LogP contribution in [0.25, 0.3) is 0 Å². The molecule has 0 radical (unpaired) electrons. The van der Waals surface area contributed by atoms with Crippen LogP contribution in [-0.2, 0) is 0 Å². The summed E-state index contributed by atoms with van der Waals surface area (Å²) >= 11 is 0. The number of nitrogens with one attached hydrogen (secondary N) is 1. The minimum Gasteiger partial charge on any atom is -0.496 e. The topological polar surface area (TPSA) is 43.4 Å². The fourth-order valence-corrected chi connectivity index (χ4v) is 2.25. The van der Waals surface area contributed by atoms with Gasteiger partial charge in [-0.3, -0.25) is 0 Å². The highest BCUT2D eigenvalue weighted by atomic mass is 16.5. The van der Waals surface area contributed by atoms with Crippen LogP contribution in [0.2, 0.25) is 0 Å². The van der Waals surface area contributed by atoms with E-state index >= 15 is 0 Å². The van der Waals surface area contributed by atoms with Crippen LogP contribution in [0.15, 0.2) is 12.3 Å². The minimum atomic E-state index is 0.437. The monoisotopic (exact) mass is 222 g/mol. The van der Waals surface area contributed by atoms with Gasteiger partial charge in [0.1, 0.15) is 5.75 Å². The Kier molecular flexibility index (Phi) is 3.62. The molecule has 2 rings (SSSR count). The van der Waals surface area contributed by atoms with E-state index in [0.717, 1.165) is 30.8 Å². The molecule has 1 aliphatic heterocycles. The molecule has 4 nitrogen and oxygen atoms in total. The van der Waals surface area contributed by atoms with Gasteiger partial charge in [-0.2, -0.15) is 0 Å². The van der Waals surface area contributed by atoms with Crippen LogP contribution in [0, 0.1) is 0 Å². The third-order valence-corrected chi connectivity index (χ3v) is 3.03. The van der Waals surface area contributed by atoms with E-state index in [2.05, 4.69) is 10.3 Å². The van der Waals surface area contributed by atoms with Crippen molar-refractivity contribution in [3.05, 3.63) is 17.8 Å². The lowest BCUT2D eigenvalue weighted by atomic mass is 9.91. The van der Waals surface area contributed by atoms with Gasteiger partial charge in [0.05, 0.1) is 19.8 Å². The van der Waals surface area contributed by atoms with Crippen LogP contribution in [0.4, 0.5) is 0 Å². The zero-order valence-electron chi connectivity index (χ0n) is 9.82. The van der Waals surface area contributed by atoms with E-state index in [-0.39, 0.29) is 0 Å². The lowest BCUT2D eigenvalue weighted by Crippen LogP contribution is -2.29. The Hall–Kier alpha value is -1.29. The number of aromatic nitrogens is 1. The van der Waals surface area contributed by atoms with Crippen molar-refractivity contribution in [1.29, 1.82) is 0 Å². The molecule has 0 saturated carbocycles. The van der Waals surface area contributed by atoms with Crippen LogP contribution in [-0.4, -0.2) is 32.3 Å². The molecule has 0 aromatic carbocycles. The molecular weight excluding hydrogens is 204 g/mol. The van der Waals surface area contributed by atoms with Crippen molar-refractivity contribution in [3.63, 3.8) is 0 Å². The normalized spacial score (nSPS) is 20.5. The predicted molar refractivity (Wildman–Crippen MR) is 62.2 cm³/mol. The summed E-state index contributed by atoms with van der Waals surface area (Å²) in [6.45, 7) is 2.07. The number of pyridine rings is 1. The first-order valence-electron chi connectivity index (χ1n) is 5.64. The fourth-order valence-electron chi connectivity index (χ4n) is 2.25. The fraction of sp³-hybridized carbons (Fsp3) is 0.583. The SMILES string of the molecule is COc1ccnc(OC)c1C1CCCNC1. The third kappa shape index (κ3) is 2.11. The lowest BCUT2D eigenvalue weighted by molar-refractivity contribution is 0.354. The molecular formula is C12H18N2O2. The largest absolute Gasteiger partial charge is 0.496 e. The average molecular weight is 222 g/mol. The van der Waals surface area contributed by atoms with Crippen molar-refractivity contribution in [3.8, 4) is 11.6 Å². The molecule has 4 heteroatoms. The maximum Gasteiger partial charge on any atom is 0.220 e. The van der Waals surface area contributed by atoms with E-state index in [1.807, 2.05) is 6.07 Å². The van der Waals surface area contributed by atoms with Crippen LogP contribution in [0.3, 0.4) is 0 Å². The number of hydrogen-bond acceptors (Lipinski definition) is 4. The van der Waals surface area contributed by atoms with Crippen molar-refractivity contribution in [2.75, 3.05) is 27.3 Å². The second-order valence-corrected chi connectivity index (χ2v) is 3.98. The van der Waals surface area contributed by atoms with Crippen LogP contribution >= 0.6 is 0 Å². The average Bonchev–Trinajstić information content (AvgIpc) is 2.38. The lowest BCUT2D eigenvalue weighted by Gasteiger charge is -2.25. The van der Waals surface area contributed by atoms with Gasteiger partial charge < -0.3 is 14.8 Å². The zero-order chi connectivity index (χ0) is 11.4. The van der Waals surface area contributed by atoms with E-state index in [9.17, 15) is 0 Å². The molecule has 0 spiro atoms. The highest BCUT2D eigenvalue weighted by Crippen LogP contribution is 2.36. The number of piperidine rings is 1. The molecule has 1 aromatic rings. The van der Waals surface area contributed by atoms with Crippen LogP contribution in [0.1, 0.15) is 24.3 Å². The molecule has 88 valence electrons. The summed E-state index contributed by atoms with van der Waals surface area (Å²) in [5.41, 5.74) is 1.10. The molecule has 1 unspecified atom stereocenters. The number of ether oxygens (including phenoxy) is 2. The second-order valence-electron chi connectivity index (χ2n) is 3.98. The Bertz CT molecular complexity index is 327. The molecule has 16 heavy (non-hydrogen) atoms. The Morgan fingerprint density at radius 3 is 2.88 bits per heavy atom. The second kappa shape index (κ2) is 5.16. The summed E-state index contributed by atoms with van der Waals surface area (Å²) in [5.74, 6) is 2.00. The molecule has 0 amide bonds. The molecule has 1 fully saturated rings. The number of nitrogens with zero attached hydrogens (tertiary/aromatic N) is 1. The predicted octanol–water partition coefficient (Wildman–Crippen LogP) is 1.57. The standard InChI is InChI=1S/C12H18N2O2/c1-15-10-5-7-14-12(16-2)11(10)9-4-3-6-13-8-9/h5,7,9,13H,3-4,6,8H2,1-2H3. The Morgan fingerprint density at radius 2 is 2.25 bits per heavy atom. The maximum absolute atomic E-state index is 5.39. The van der Waals surface area contributed by atoms with Gasteiger partial charge in [-0.15, -0.1) is 0 Å². The van der Waals surface area contributed by atoms with Gasteiger partial charge in [-0.25, -0.2) is 4.98 Å². The summed E-state index contributed by atoms with van der Waals surface area (Å²) in [6, 6.07) is 1.90. The van der Waals surface area contributed by atoms with Gasteiger partial charge in [0, 0.05) is 18.7 Å². The summed E-state index contributed by atoms with van der Waals surface area (Å²) in [6.07, 6.45) is 4.06. The number of rotatable bonds is 3. The summed E-state index contributed by atoms with van der Waals surface area (Å²) in [5, 5.41) is 3.40. The molecule has 0 bridgehead atoms. The van der Waals surface area contributed by atoms with E-state index in [1.54, 1.807) is 20.4 Å². The summed E-state index contributed by atoms with van der Waals surface area (Å²) < 4.78 is 10.7. The van der Waals surface area contributed by atoms with Crippen molar-refractivity contribution < 1.29 is 9.47 Å². The van der Waals surface area contributed by atoms with Crippen molar-refractivity contribution in [2.24, 2.45) is 0 Å². The maximum atomic E-state index is 5.39. The summed E-state index contributed by atoms with van der Waals surface area (Å²) in [7, 11) is 3.34. The van der Waals surface area contributed by atoms with Crippen LogP contribution in [0.5, 0.6) is 11.6 Å². The molecule has 1 atom stereocenters. The highest BCUT2D eigenvalue weighted by molar-refractivity contribution is 5.43. The molecule has 1 aromatic heterocycles. The van der Waals surface area contributed by atoms with Gasteiger partial charge in [-0.05, 0) is 25.5 Å². The molecule has 2 heterocycles. The van der Waals surface area contributed by atoms with Crippen LogP contribution < -0.4 is 14.8 Å². The molecule has 0 aliphatic carbocycles. The molecule has 1 N–H and O–H groups in total. The third-order valence-electron chi connectivity index (χ3n) is 3.03. The first-order chi connectivity index (χ1) is 7.86. The minimum absolute atomic E-state index is 0.437. The van der Waals surface area contributed by atoms with E-state index in [4.69, 9.17) is 9.47 Å². The quantitative estimate of drug-likeness (QED) is 0.843. The first kappa shape index (κ1) is 11.2. The van der Waals surface area contributed by atoms with E-state index < -0.39 is 0 Å². The van der Waals surface area contributed by atoms with Gasteiger partial charge in [0.2, 0.25) is 5.88 Å². The number of methoxy groups -OCH3 is 2. The van der Waals surface area contributed by atoms with E-state index in [1.165, 1.54) is 6.42 Å². The van der Waals surface area contributed by atoms with Gasteiger partial charge in [0.25, 0.3) is 0 Å². The van der Waals surface area contributed by atoms with Gasteiger partial charge >= 0.3 is 0 Å². The smallest absolute Gasteiger partial charge is 0.220 e. The number of hydrogen-bond donors (Lipinski definition) is 1. The Labute approximate surface area is 96.0 Å². The van der Waals surface area contributed by atoms with Gasteiger partial charge in [-0.1, -0.05) is 0 Å². The van der Waals surface area contributed by atoms with Crippen molar-refractivity contribution in [1.82, 2.24) is 10.3 Å². The van der Waals surface area contributed by atoms with Crippen molar-refractivity contribution >= 4 is 0 Å². The first-order valence-corrected chi connectivity index (χ1v) is 5.64.